The molecular weight excluding hydrogens is 266 g/mol. The Balaban J connectivity index is 2.22. The third-order valence-electron chi connectivity index (χ3n) is 4.54. The number of rotatable bonds is 2. The van der Waals surface area contributed by atoms with Crippen molar-refractivity contribution >= 4 is 16.9 Å². The van der Waals surface area contributed by atoms with Gasteiger partial charge in [0.05, 0.1) is 5.71 Å². The van der Waals surface area contributed by atoms with E-state index in [9.17, 15) is 0 Å². The summed E-state index contributed by atoms with van der Waals surface area (Å²) >= 11 is 0. The molecule has 2 aromatic rings. The summed E-state index contributed by atoms with van der Waals surface area (Å²) in [5.74, 6) is 0. The Bertz CT molecular complexity index is 777. The summed E-state index contributed by atoms with van der Waals surface area (Å²) < 4.78 is 0. The van der Waals surface area contributed by atoms with Gasteiger partial charge < -0.3 is 5.41 Å². The molecule has 0 aromatic heterocycles. The smallest absolute Gasteiger partial charge is 0.0618 e. The van der Waals surface area contributed by atoms with Crippen LogP contribution in [-0.2, 0) is 5.41 Å². The number of fused-ring (bicyclic) bond motifs is 1. The fourth-order valence-corrected chi connectivity index (χ4v) is 3.24. The second-order valence-corrected chi connectivity index (χ2v) is 6.21. The number of hydrogen-bond acceptors (Lipinski definition) is 1. The highest BCUT2D eigenvalue weighted by Gasteiger charge is 2.31. The van der Waals surface area contributed by atoms with Crippen molar-refractivity contribution in [3.63, 3.8) is 0 Å². The Labute approximate surface area is 132 Å². The zero-order chi connectivity index (χ0) is 15.7. The van der Waals surface area contributed by atoms with Crippen molar-refractivity contribution in [2.24, 2.45) is 0 Å². The highest BCUT2D eigenvalue weighted by molar-refractivity contribution is 6.32. The lowest BCUT2D eigenvalue weighted by atomic mass is 9.70. The minimum absolute atomic E-state index is 0.136. The van der Waals surface area contributed by atoms with E-state index in [2.05, 4.69) is 56.3 Å². The van der Waals surface area contributed by atoms with Crippen molar-refractivity contribution in [1.82, 2.24) is 0 Å². The molecule has 0 amide bonds. The van der Waals surface area contributed by atoms with Crippen LogP contribution < -0.4 is 0 Å². The molecule has 1 heteroatoms. The highest BCUT2D eigenvalue weighted by Crippen LogP contribution is 2.43. The molecule has 0 saturated heterocycles. The zero-order valence-electron chi connectivity index (χ0n) is 13.4. The Kier molecular flexibility index (Phi) is 3.58. The first-order valence-electron chi connectivity index (χ1n) is 7.68. The van der Waals surface area contributed by atoms with Gasteiger partial charge >= 0.3 is 0 Å². The lowest BCUT2D eigenvalue weighted by Gasteiger charge is -2.33. The van der Waals surface area contributed by atoms with Crippen LogP contribution in [0.2, 0.25) is 0 Å². The summed E-state index contributed by atoms with van der Waals surface area (Å²) in [7, 11) is 0. The van der Waals surface area contributed by atoms with Gasteiger partial charge in [-0.2, -0.15) is 0 Å². The predicted molar refractivity (Wildman–Crippen MR) is 95.3 cm³/mol. The van der Waals surface area contributed by atoms with Gasteiger partial charge in [0.1, 0.15) is 0 Å². The fourth-order valence-electron chi connectivity index (χ4n) is 3.24. The molecule has 0 fully saturated rings. The third-order valence-corrected chi connectivity index (χ3v) is 4.54. The molecule has 0 radical (unpaired) electrons. The van der Waals surface area contributed by atoms with Gasteiger partial charge in [-0.05, 0) is 35.3 Å². The monoisotopic (exact) mass is 287 g/mol. The number of nitrogens with one attached hydrogen (secondary N) is 1. The van der Waals surface area contributed by atoms with Crippen molar-refractivity contribution in [3.8, 4) is 0 Å². The largest absolute Gasteiger partial charge is 0.300 e. The molecule has 1 aliphatic rings. The van der Waals surface area contributed by atoms with Gasteiger partial charge in [0.25, 0.3) is 0 Å². The second-order valence-electron chi connectivity index (χ2n) is 6.21. The van der Waals surface area contributed by atoms with Gasteiger partial charge in [0.2, 0.25) is 0 Å². The number of hydrogen-bond donors (Lipinski definition) is 1. The van der Waals surface area contributed by atoms with Crippen molar-refractivity contribution in [2.75, 3.05) is 0 Å². The second kappa shape index (κ2) is 5.42. The predicted octanol–water partition coefficient (Wildman–Crippen LogP) is 5.48. The van der Waals surface area contributed by atoms with Crippen LogP contribution in [0.1, 0.15) is 37.5 Å². The van der Waals surface area contributed by atoms with Gasteiger partial charge in [-0.1, -0.05) is 74.5 Å². The molecular formula is C21H21N. The molecule has 2 aromatic carbocycles. The molecule has 0 aliphatic heterocycles. The molecule has 1 aliphatic carbocycles. The Morgan fingerprint density at radius 2 is 1.45 bits per heavy atom. The van der Waals surface area contributed by atoms with Gasteiger partial charge in [-0.25, -0.2) is 0 Å². The highest BCUT2D eigenvalue weighted by atomic mass is 14.5. The van der Waals surface area contributed by atoms with Crippen LogP contribution in [0, 0.1) is 5.41 Å². The molecule has 110 valence electrons. The Morgan fingerprint density at radius 3 is 2.09 bits per heavy atom. The van der Waals surface area contributed by atoms with Gasteiger partial charge in [-0.15, -0.1) is 0 Å². The topological polar surface area (TPSA) is 23.9 Å². The first kappa shape index (κ1) is 14.5. The van der Waals surface area contributed by atoms with Crippen molar-refractivity contribution < 1.29 is 0 Å². The Hall–Kier alpha value is -2.41. The van der Waals surface area contributed by atoms with E-state index < -0.39 is 0 Å². The maximum absolute atomic E-state index is 8.40. The van der Waals surface area contributed by atoms with Gasteiger partial charge in [0.15, 0.2) is 0 Å². The molecule has 0 unspecified atom stereocenters. The van der Waals surface area contributed by atoms with E-state index in [0.29, 0.717) is 5.71 Å². The molecule has 1 nitrogen and oxygen atoms in total. The molecule has 0 spiro atoms. The first-order valence-corrected chi connectivity index (χ1v) is 7.68. The minimum atomic E-state index is -0.136. The molecule has 0 bridgehead atoms. The van der Waals surface area contributed by atoms with E-state index in [1.807, 2.05) is 31.2 Å². The average Bonchev–Trinajstić information content (AvgIpc) is 2.55. The first-order chi connectivity index (χ1) is 10.6. The summed E-state index contributed by atoms with van der Waals surface area (Å²) in [6.07, 6.45) is 4.06. The number of benzene rings is 2. The average molecular weight is 287 g/mol. The van der Waals surface area contributed by atoms with E-state index in [4.69, 9.17) is 5.41 Å². The van der Waals surface area contributed by atoms with E-state index >= 15 is 0 Å². The fraction of sp³-hybridized carbons (Fsp3) is 0.190. The van der Waals surface area contributed by atoms with Crippen molar-refractivity contribution in [3.05, 3.63) is 83.4 Å². The third kappa shape index (κ3) is 2.23. The van der Waals surface area contributed by atoms with E-state index in [0.717, 1.165) is 11.1 Å². The normalized spacial score (nSPS) is 16.4. The van der Waals surface area contributed by atoms with Crippen LogP contribution in [0.4, 0.5) is 0 Å². The minimum Gasteiger partial charge on any atom is -0.300 e. The van der Waals surface area contributed by atoms with Crippen molar-refractivity contribution in [2.45, 2.75) is 26.2 Å². The maximum Gasteiger partial charge on any atom is 0.0618 e. The molecule has 22 heavy (non-hydrogen) atoms. The van der Waals surface area contributed by atoms with Crippen LogP contribution in [0.3, 0.4) is 0 Å². The maximum atomic E-state index is 8.40. The Morgan fingerprint density at radius 1 is 0.864 bits per heavy atom. The van der Waals surface area contributed by atoms with Crippen LogP contribution in [-0.4, -0.2) is 5.71 Å². The standard InChI is InChI=1S/C21H21N/c1-4-16-17-12-8-9-13-18(17)19(14-20(16)22)21(2,3)15-10-6-5-7-11-15/h4-14,22H,1-3H3/b16-4+,22-20?. The van der Waals surface area contributed by atoms with Gasteiger partial charge in [0, 0.05) is 11.0 Å². The molecule has 0 saturated carbocycles. The van der Waals surface area contributed by atoms with Crippen LogP contribution >= 0.6 is 0 Å². The van der Waals surface area contributed by atoms with Crippen LogP contribution in [0.25, 0.3) is 11.1 Å². The summed E-state index contributed by atoms with van der Waals surface area (Å²) in [6.45, 7) is 6.47. The lowest BCUT2D eigenvalue weighted by Crippen LogP contribution is -2.23. The van der Waals surface area contributed by atoms with Crippen molar-refractivity contribution in [1.29, 1.82) is 5.41 Å². The lowest BCUT2D eigenvalue weighted by molar-refractivity contribution is 0.692. The SMILES string of the molecule is C/C=C1/C(=N)C=C(C(C)(C)c2ccccc2)c2ccccc21. The van der Waals surface area contributed by atoms with E-state index in [-0.39, 0.29) is 5.41 Å². The summed E-state index contributed by atoms with van der Waals surface area (Å²) in [5, 5.41) is 8.40. The summed E-state index contributed by atoms with van der Waals surface area (Å²) in [4.78, 5) is 0. The van der Waals surface area contributed by atoms with Gasteiger partial charge in [-0.3, -0.25) is 0 Å². The number of allylic oxidation sites excluding steroid dienone is 4. The summed E-state index contributed by atoms with van der Waals surface area (Å²) in [6, 6.07) is 18.9. The van der Waals surface area contributed by atoms with E-state index in [1.54, 1.807) is 0 Å². The molecule has 0 atom stereocenters. The molecule has 0 heterocycles. The zero-order valence-corrected chi connectivity index (χ0v) is 13.4. The summed E-state index contributed by atoms with van der Waals surface area (Å²) in [5.41, 5.74) is 6.36. The molecule has 1 N–H and O–H groups in total. The van der Waals surface area contributed by atoms with E-state index in [1.165, 1.54) is 16.7 Å². The molecule has 3 rings (SSSR count). The van der Waals surface area contributed by atoms with Crippen LogP contribution in [0.5, 0.6) is 0 Å². The van der Waals surface area contributed by atoms with Crippen LogP contribution in [0.15, 0.2) is 66.7 Å². The quantitative estimate of drug-likeness (QED) is 0.755.